The fourth-order valence-electron chi connectivity index (χ4n) is 2.90. The fourth-order valence-corrected chi connectivity index (χ4v) is 3.18. The number of halogens is 2. The predicted molar refractivity (Wildman–Crippen MR) is 105 cm³/mol. The molecule has 0 amide bonds. The smallest absolute Gasteiger partial charge is 0.314 e. The molecular formula is C20H18Cl2N2O3. The Kier molecular flexibility index (Phi) is 5.82. The van der Waals surface area contributed by atoms with Crippen molar-refractivity contribution in [3.05, 3.63) is 80.3 Å². The first-order valence-electron chi connectivity index (χ1n) is 8.45. The third-order valence-electron chi connectivity index (χ3n) is 4.19. The molecule has 1 atom stereocenters. The van der Waals surface area contributed by atoms with Crippen LogP contribution in [-0.4, -0.2) is 15.4 Å². The number of fused-ring (bicyclic) bond motifs is 1. The van der Waals surface area contributed by atoms with Crippen molar-refractivity contribution in [2.45, 2.75) is 26.4 Å². The van der Waals surface area contributed by atoms with Crippen molar-refractivity contribution in [1.82, 2.24) is 9.38 Å². The molecule has 2 aromatic heterocycles. The summed E-state index contributed by atoms with van der Waals surface area (Å²) < 4.78 is 6.80. The lowest BCUT2D eigenvalue weighted by Crippen LogP contribution is -2.22. The summed E-state index contributed by atoms with van der Waals surface area (Å²) in [6.07, 6.45) is 1.50. The number of nitrogens with zero attached hydrogens (tertiary/aromatic N) is 2. The molecule has 0 aliphatic rings. The van der Waals surface area contributed by atoms with E-state index in [2.05, 4.69) is 4.98 Å². The zero-order valence-electron chi connectivity index (χ0n) is 14.9. The highest BCUT2D eigenvalue weighted by Gasteiger charge is 2.26. The molecule has 0 saturated carbocycles. The maximum absolute atomic E-state index is 12.7. The number of esters is 1. The number of pyridine rings is 1. The van der Waals surface area contributed by atoms with Gasteiger partial charge in [-0.1, -0.05) is 49.2 Å². The molecule has 0 bridgehead atoms. The van der Waals surface area contributed by atoms with E-state index >= 15 is 0 Å². The third-order valence-corrected chi connectivity index (χ3v) is 4.66. The molecule has 0 N–H and O–H groups in total. The van der Waals surface area contributed by atoms with Crippen molar-refractivity contribution in [1.29, 1.82) is 0 Å². The van der Waals surface area contributed by atoms with Gasteiger partial charge in [0.15, 0.2) is 0 Å². The van der Waals surface area contributed by atoms with Crippen LogP contribution in [0.1, 0.15) is 31.0 Å². The number of carbonyl (C=O) groups is 1. The monoisotopic (exact) mass is 404 g/mol. The van der Waals surface area contributed by atoms with E-state index in [9.17, 15) is 9.59 Å². The van der Waals surface area contributed by atoms with Gasteiger partial charge in [-0.25, -0.2) is 4.98 Å². The number of rotatable bonds is 5. The van der Waals surface area contributed by atoms with Crippen LogP contribution in [0.5, 0.6) is 0 Å². The van der Waals surface area contributed by atoms with Crippen molar-refractivity contribution in [2.24, 2.45) is 5.92 Å². The average molecular weight is 405 g/mol. The van der Waals surface area contributed by atoms with E-state index < -0.39 is 5.92 Å². The maximum atomic E-state index is 12.7. The Morgan fingerprint density at radius 1 is 1.11 bits per heavy atom. The number of aromatic nitrogens is 2. The molecule has 3 aromatic rings. The highest BCUT2D eigenvalue weighted by Crippen LogP contribution is 2.27. The van der Waals surface area contributed by atoms with Crippen molar-refractivity contribution in [2.75, 3.05) is 0 Å². The molecule has 27 heavy (non-hydrogen) atoms. The minimum Gasteiger partial charge on any atom is -0.459 e. The third kappa shape index (κ3) is 4.49. The standard InChI is InChI=1S/C20H18Cl2N2O3/c1-12(2)19(13-3-5-14(21)6-4-13)20(26)27-11-16-9-18(25)24-10-15(22)7-8-17(24)23-16/h3-10,12,19H,11H2,1-2H3/t19-/m1/s1. The van der Waals surface area contributed by atoms with Crippen molar-refractivity contribution in [3.63, 3.8) is 0 Å². The Morgan fingerprint density at radius 2 is 1.78 bits per heavy atom. The zero-order chi connectivity index (χ0) is 19.6. The van der Waals surface area contributed by atoms with Crippen LogP contribution in [0.2, 0.25) is 10.0 Å². The molecule has 0 radical (unpaired) electrons. The van der Waals surface area contributed by atoms with Gasteiger partial charge >= 0.3 is 5.97 Å². The number of hydrogen-bond donors (Lipinski definition) is 0. The van der Waals surface area contributed by atoms with E-state index in [-0.39, 0.29) is 24.1 Å². The number of ether oxygens (including phenoxy) is 1. The summed E-state index contributed by atoms with van der Waals surface area (Å²) in [6.45, 7) is 3.82. The normalized spacial score (nSPS) is 12.3. The van der Waals surface area contributed by atoms with E-state index in [1.807, 2.05) is 26.0 Å². The molecule has 0 saturated heterocycles. The molecule has 5 nitrogen and oxygen atoms in total. The lowest BCUT2D eigenvalue weighted by molar-refractivity contribution is -0.148. The van der Waals surface area contributed by atoms with Crippen LogP contribution in [0, 0.1) is 5.92 Å². The van der Waals surface area contributed by atoms with E-state index in [0.29, 0.717) is 21.4 Å². The first-order chi connectivity index (χ1) is 12.8. The zero-order valence-corrected chi connectivity index (χ0v) is 16.4. The van der Waals surface area contributed by atoms with Gasteiger partial charge in [0, 0.05) is 17.3 Å². The quantitative estimate of drug-likeness (QED) is 0.587. The van der Waals surface area contributed by atoms with Crippen molar-refractivity contribution >= 4 is 34.8 Å². The van der Waals surface area contributed by atoms with Crippen LogP contribution in [0.25, 0.3) is 5.65 Å². The average Bonchev–Trinajstić information content (AvgIpc) is 2.62. The maximum Gasteiger partial charge on any atom is 0.314 e. The van der Waals surface area contributed by atoms with E-state index in [4.69, 9.17) is 27.9 Å². The summed E-state index contributed by atoms with van der Waals surface area (Å²) in [6, 6.07) is 11.8. The Balaban J connectivity index is 1.79. The van der Waals surface area contributed by atoms with Crippen molar-refractivity contribution < 1.29 is 9.53 Å². The molecule has 140 valence electrons. The van der Waals surface area contributed by atoms with Crippen LogP contribution in [0.3, 0.4) is 0 Å². The minimum atomic E-state index is -0.428. The molecule has 1 aromatic carbocycles. The van der Waals surface area contributed by atoms with E-state index in [1.165, 1.54) is 16.7 Å². The summed E-state index contributed by atoms with van der Waals surface area (Å²) in [5.74, 6) is -0.760. The molecule has 7 heteroatoms. The van der Waals surface area contributed by atoms with Gasteiger partial charge in [0.1, 0.15) is 12.3 Å². The van der Waals surface area contributed by atoms with E-state index in [1.54, 1.807) is 24.3 Å². The first-order valence-corrected chi connectivity index (χ1v) is 9.20. The molecular weight excluding hydrogens is 387 g/mol. The van der Waals surface area contributed by atoms with Gasteiger partial charge in [0.05, 0.1) is 16.6 Å². The summed E-state index contributed by atoms with van der Waals surface area (Å²) in [5, 5.41) is 1.05. The summed E-state index contributed by atoms with van der Waals surface area (Å²) in [7, 11) is 0. The SMILES string of the molecule is CC(C)[C@@H](C(=O)OCc1cc(=O)n2cc(Cl)ccc2n1)c1ccc(Cl)cc1. The Hall–Kier alpha value is -2.37. The van der Waals surface area contributed by atoms with E-state index in [0.717, 1.165) is 5.56 Å². The molecule has 0 unspecified atom stereocenters. The van der Waals surface area contributed by atoms with Crippen LogP contribution >= 0.6 is 23.2 Å². The highest BCUT2D eigenvalue weighted by atomic mass is 35.5. The Morgan fingerprint density at radius 3 is 2.44 bits per heavy atom. The Bertz CT molecular complexity index is 1030. The van der Waals surface area contributed by atoms with Gasteiger partial charge in [-0.2, -0.15) is 0 Å². The van der Waals surface area contributed by atoms with Gasteiger partial charge in [-0.05, 0) is 35.7 Å². The second kappa shape index (κ2) is 8.11. The van der Waals surface area contributed by atoms with Crippen LogP contribution in [0.4, 0.5) is 0 Å². The second-order valence-electron chi connectivity index (χ2n) is 6.54. The summed E-state index contributed by atoms with van der Waals surface area (Å²) >= 11 is 11.8. The molecule has 0 spiro atoms. The molecule has 0 aliphatic heterocycles. The molecule has 3 rings (SSSR count). The second-order valence-corrected chi connectivity index (χ2v) is 7.42. The molecule has 0 aliphatic carbocycles. The van der Waals surface area contributed by atoms with Crippen molar-refractivity contribution in [3.8, 4) is 0 Å². The molecule has 2 heterocycles. The summed E-state index contributed by atoms with van der Waals surface area (Å²) in [5.41, 5.74) is 1.37. The topological polar surface area (TPSA) is 60.7 Å². The fraction of sp³-hybridized carbons (Fsp3) is 0.250. The van der Waals surface area contributed by atoms with Gasteiger partial charge in [-0.3, -0.25) is 14.0 Å². The van der Waals surface area contributed by atoms with Gasteiger partial charge in [0.25, 0.3) is 5.56 Å². The Labute approximate surface area is 166 Å². The lowest BCUT2D eigenvalue weighted by atomic mass is 9.88. The predicted octanol–water partition coefficient (Wildman–Crippen LogP) is 4.48. The molecule has 0 fully saturated rings. The van der Waals surface area contributed by atoms with Crippen LogP contribution in [0.15, 0.2) is 53.5 Å². The number of carbonyl (C=O) groups excluding carboxylic acids is 1. The largest absolute Gasteiger partial charge is 0.459 e. The number of benzene rings is 1. The van der Waals surface area contributed by atoms with Gasteiger partial charge in [-0.15, -0.1) is 0 Å². The van der Waals surface area contributed by atoms with Gasteiger partial charge < -0.3 is 4.74 Å². The minimum absolute atomic E-state index is 0.0380. The van der Waals surface area contributed by atoms with Crippen LogP contribution < -0.4 is 5.56 Å². The lowest BCUT2D eigenvalue weighted by Gasteiger charge is -2.20. The van der Waals surface area contributed by atoms with Crippen LogP contribution in [-0.2, 0) is 16.1 Å². The summed E-state index contributed by atoms with van der Waals surface area (Å²) in [4.78, 5) is 29.2. The number of hydrogen-bond acceptors (Lipinski definition) is 4. The first kappa shape index (κ1) is 19.4. The van der Waals surface area contributed by atoms with Gasteiger partial charge in [0.2, 0.25) is 0 Å². The highest BCUT2D eigenvalue weighted by molar-refractivity contribution is 6.30.